The minimum Gasteiger partial charge on any atom is -0.497 e. The van der Waals surface area contributed by atoms with Crippen LogP contribution in [0.5, 0.6) is 11.5 Å². The van der Waals surface area contributed by atoms with E-state index >= 15 is 0 Å². The van der Waals surface area contributed by atoms with E-state index in [9.17, 15) is 9.59 Å². The van der Waals surface area contributed by atoms with E-state index in [1.54, 1.807) is 7.11 Å². The first kappa shape index (κ1) is 20.6. The molecule has 0 aliphatic rings. The lowest BCUT2D eigenvalue weighted by atomic mass is 10.1. The number of benzene rings is 2. The molecule has 144 valence electrons. The van der Waals surface area contributed by atoms with Gasteiger partial charge in [-0.2, -0.15) is 0 Å². The van der Waals surface area contributed by atoms with Crippen LogP contribution in [0.1, 0.15) is 11.1 Å². The Labute approximate surface area is 163 Å². The van der Waals surface area contributed by atoms with Gasteiger partial charge in [-0.25, -0.2) is 4.79 Å². The molecule has 0 saturated heterocycles. The Hall–Kier alpha value is -2.67. The number of thioether (sulfide) groups is 1. The quantitative estimate of drug-likeness (QED) is 0.673. The molecular weight excluding hydrogens is 364 g/mol. The van der Waals surface area contributed by atoms with Crippen LogP contribution >= 0.6 is 11.8 Å². The molecule has 0 atom stereocenters. The lowest BCUT2D eigenvalue weighted by Crippen LogP contribution is -2.35. The van der Waals surface area contributed by atoms with Crippen LogP contribution in [0, 0.1) is 13.8 Å². The van der Waals surface area contributed by atoms with Gasteiger partial charge in [0.25, 0.3) is 0 Å². The number of amides is 3. The molecule has 2 N–H and O–H groups in total. The number of methoxy groups -OCH3 is 1. The monoisotopic (exact) mass is 388 g/mol. The first-order chi connectivity index (χ1) is 13.0. The van der Waals surface area contributed by atoms with Gasteiger partial charge < -0.3 is 14.8 Å². The fourth-order valence-electron chi connectivity index (χ4n) is 2.33. The second kappa shape index (κ2) is 10.5. The van der Waals surface area contributed by atoms with Crippen LogP contribution in [0.4, 0.5) is 10.5 Å². The number of rotatable bonds is 8. The molecule has 0 fully saturated rings. The van der Waals surface area contributed by atoms with Gasteiger partial charge in [0.1, 0.15) is 11.5 Å². The van der Waals surface area contributed by atoms with Crippen molar-refractivity contribution in [2.75, 3.05) is 30.5 Å². The number of urea groups is 1. The van der Waals surface area contributed by atoms with Crippen molar-refractivity contribution in [3.8, 4) is 11.5 Å². The summed E-state index contributed by atoms with van der Waals surface area (Å²) in [6.45, 7) is 4.36. The molecule has 0 aliphatic heterocycles. The van der Waals surface area contributed by atoms with E-state index in [2.05, 4.69) is 10.6 Å². The number of carbonyl (C=O) groups is 2. The highest BCUT2D eigenvalue weighted by atomic mass is 32.2. The van der Waals surface area contributed by atoms with Crippen molar-refractivity contribution in [1.82, 2.24) is 5.32 Å². The van der Waals surface area contributed by atoms with Gasteiger partial charge in [0.15, 0.2) is 0 Å². The Kier molecular flexibility index (Phi) is 8.00. The van der Waals surface area contributed by atoms with Crippen molar-refractivity contribution in [2.24, 2.45) is 0 Å². The number of imide groups is 1. The molecule has 0 bridgehead atoms. The Morgan fingerprint density at radius 1 is 1.04 bits per heavy atom. The Morgan fingerprint density at radius 2 is 1.74 bits per heavy atom. The topological polar surface area (TPSA) is 76.7 Å². The summed E-state index contributed by atoms with van der Waals surface area (Å²) in [7, 11) is 1.61. The summed E-state index contributed by atoms with van der Waals surface area (Å²) in [4.78, 5) is 23.7. The maximum atomic E-state index is 11.9. The van der Waals surface area contributed by atoms with E-state index < -0.39 is 6.03 Å². The van der Waals surface area contributed by atoms with Gasteiger partial charge in [0.05, 0.1) is 19.5 Å². The minimum absolute atomic E-state index is 0.187. The molecule has 27 heavy (non-hydrogen) atoms. The van der Waals surface area contributed by atoms with E-state index in [0.717, 1.165) is 22.6 Å². The van der Waals surface area contributed by atoms with Crippen LogP contribution in [0.3, 0.4) is 0 Å². The van der Waals surface area contributed by atoms with Gasteiger partial charge in [-0.15, -0.1) is 11.8 Å². The fraction of sp³-hybridized carbons (Fsp3) is 0.300. The number of nitrogens with one attached hydrogen (secondary N) is 2. The summed E-state index contributed by atoms with van der Waals surface area (Å²) in [5, 5.41) is 5.01. The van der Waals surface area contributed by atoms with Crippen molar-refractivity contribution < 1.29 is 19.1 Å². The minimum atomic E-state index is -0.526. The van der Waals surface area contributed by atoms with E-state index in [4.69, 9.17) is 9.47 Å². The molecule has 2 aromatic carbocycles. The lowest BCUT2D eigenvalue weighted by molar-refractivity contribution is -0.117. The maximum Gasteiger partial charge on any atom is 0.325 e. The molecule has 0 heterocycles. The second-order valence-electron chi connectivity index (χ2n) is 5.90. The van der Waals surface area contributed by atoms with Gasteiger partial charge in [0.2, 0.25) is 5.91 Å². The first-order valence-corrected chi connectivity index (χ1v) is 9.66. The number of hydrogen-bond acceptors (Lipinski definition) is 5. The zero-order chi connectivity index (χ0) is 19.6. The highest BCUT2D eigenvalue weighted by Crippen LogP contribution is 2.17. The maximum absolute atomic E-state index is 11.9. The number of anilines is 1. The van der Waals surface area contributed by atoms with Gasteiger partial charge in [-0.05, 0) is 49.7 Å². The van der Waals surface area contributed by atoms with Gasteiger partial charge >= 0.3 is 6.03 Å². The highest BCUT2D eigenvalue weighted by molar-refractivity contribution is 7.99. The summed E-state index contributed by atoms with van der Waals surface area (Å²) in [5.41, 5.74) is 2.75. The summed E-state index contributed by atoms with van der Waals surface area (Å²) in [6.07, 6.45) is 0. The lowest BCUT2D eigenvalue weighted by Gasteiger charge is -2.10. The van der Waals surface area contributed by atoms with Gasteiger partial charge in [0, 0.05) is 11.4 Å². The average Bonchev–Trinajstić information content (AvgIpc) is 2.64. The molecule has 7 heteroatoms. The number of ether oxygens (including phenoxy) is 2. The van der Waals surface area contributed by atoms with Crippen molar-refractivity contribution in [2.45, 2.75) is 13.8 Å². The van der Waals surface area contributed by atoms with Crippen LogP contribution in [0.15, 0.2) is 42.5 Å². The Morgan fingerprint density at radius 3 is 2.41 bits per heavy atom. The molecule has 0 saturated carbocycles. The molecule has 2 rings (SSSR count). The van der Waals surface area contributed by atoms with Crippen LogP contribution in [-0.4, -0.2) is 37.2 Å². The third kappa shape index (κ3) is 7.22. The molecule has 0 aromatic heterocycles. The molecule has 0 unspecified atom stereocenters. The van der Waals surface area contributed by atoms with Crippen molar-refractivity contribution in [3.63, 3.8) is 0 Å². The first-order valence-electron chi connectivity index (χ1n) is 8.50. The summed E-state index contributed by atoms with van der Waals surface area (Å²) in [6, 6.07) is 12.5. The molecule has 2 aromatic rings. The van der Waals surface area contributed by atoms with Crippen molar-refractivity contribution >= 4 is 29.4 Å². The highest BCUT2D eigenvalue weighted by Gasteiger charge is 2.09. The standard InChI is InChI=1S/C20H24N2O4S/c1-14-4-9-18(15(2)12-14)21-20(24)22-19(23)13-27-11-10-26-17-7-5-16(25-3)6-8-17/h4-9,12H,10-11,13H2,1-3H3,(H2,21,22,23,24). The molecule has 0 spiro atoms. The molecular formula is C20H24N2O4S. The SMILES string of the molecule is COc1ccc(OCCSCC(=O)NC(=O)Nc2ccc(C)cc2C)cc1. The van der Waals surface area contributed by atoms with Crippen LogP contribution in [0.25, 0.3) is 0 Å². The second-order valence-corrected chi connectivity index (χ2v) is 7.00. The Balaban J connectivity index is 1.63. The summed E-state index contributed by atoms with van der Waals surface area (Å²) < 4.78 is 10.7. The van der Waals surface area contributed by atoms with E-state index in [-0.39, 0.29) is 11.7 Å². The Bertz CT molecular complexity index is 778. The van der Waals surface area contributed by atoms with E-state index in [1.165, 1.54) is 11.8 Å². The molecule has 3 amide bonds. The third-order valence-corrected chi connectivity index (χ3v) is 4.59. The molecule has 0 radical (unpaired) electrons. The van der Waals surface area contributed by atoms with Crippen LogP contribution in [-0.2, 0) is 4.79 Å². The predicted octanol–water partition coefficient (Wildman–Crippen LogP) is 3.77. The zero-order valence-corrected chi connectivity index (χ0v) is 16.5. The van der Waals surface area contributed by atoms with Crippen LogP contribution < -0.4 is 20.1 Å². The normalized spacial score (nSPS) is 10.2. The average molecular weight is 388 g/mol. The molecule has 6 nitrogen and oxygen atoms in total. The van der Waals surface area contributed by atoms with Gasteiger partial charge in [-0.1, -0.05) is 17.7 Å². The number of carbonyl (C=O) groups excluding carboxylic acids is 2. The summed E-state index contributed by atoms with van der Waals surface area (Å²) >= 11 is 1.40. The molecule has 0 aliphatic carbocycles. The fourth-order valence-corrected chi connectivity index (χ4v) is 2.93. The largest absolute Gasteiger partial charge is 0.497 e. The van der Waals surface area contributed by atoms with Crippen molar-refractivity contribution in [3.05, 3.63) is 53.6 Å². The van der Waals surface area contributed by atoms with Crippen molar-refractivity contribution in [1.29, 1.82) is 0 Å². The van der Waals surface area contributed by atoms with Crippen LogP contribution in [0.2, 0.25) is 0 Å². The van der Waals surface area contributed by atoms with E-state index in [1.807, 2.05) is 56.3 Å². The third-order valence-electron chi connectivity index (χ3n) is 3.67. The number of hydrogen-bond donors (Lipinski definition) is 2. The van der Waals surface area contributed by atoms with E-state index in [0.29, 0.717) is 18.0 Å². The van der Waals surface area contributed by atoms with Gasteiger partial charge in [-0.3, -0.25) is 10.1 Å². The summed E-state index contributed by atoms with van der Waals surface area (Å²) in [5.74, 6) is 2.00. The smallest absolute Gasteiger partial charge is 0.325 e. The zero-order valence-electron chi connectivity index (χ0n) is 15.7. The number of aryl methyl sites for hydroxylation is 2. The predicted molar refractivity (Wildman–Crippen MR) is 109 cm³/mol.